The van der Waals surface area contributed by atoms with Gasteiger partial charge in [-0.15, -0.1) is 5.10 Å². The van der Waals surface area contributed by atoms with Crippen LogP contribution in [0.25, 0.3) is 0 Å². The average molecular weight is 406 g/mol. The second-order valence-electron chi connectivity index (χ2n) is 7.04. The number of amides is 1. The Balaban J connectivity index is 1.52. The van der Waals surface area contributed by atoms with Crippen LogP contribution in [0.4, 0.5) is 0 Å². The number of carbonyl (C=O) groups is 1. The molecule has 160 valence electrons. The van der Waals surface area contributed by atoms with Crippen molar-refractivity contribution in [3.05, 3.63) is 28.9 Å². The van der Waals surface area contributed by atoms with E-state index in [0.29, 0.717) is 38.5 Å². The summed E-state index contributed by atoms with van der Waals surface area (Å²) < 4.78 is 17.9. The van der Waals surface area contributed by atoms with Crippen LogP contribution < -0.4 is 0 Å². The van der Waals surface area contributed by atoms with Crippen molar-refractivity contribution in [3.63, 3.8) is 0 Å². The Hall–Kier alpha value is -2.30. The molecule has 1 fully saturated rings. The largest absolute Gasteiger partial charge is 0.361 e. The number of hydrogen-bond acceptors (Lipinski definition) is 8. The summed E-state index contributed by atoms with van der Waals surface area (Å²) >= 11 is 0. The first-order valence-electron chi connectivity index (χ1n) is 10.1. The lowest BCUT2D eigenvalue weighted by Crippen LogP contribution is -2.48. The van der Waals surface area contributed by atoms with E-state index in [9.17, 15) is 4.79 Å². The molecular formula is C19H30N6O4. The minimum Gasteiger partial charge on any atom is -0.361 e. The third kappa shape index (κ3) is 5.40. The second-order valence-corrected chi connectivity index (χ2v) is 7.04. The van der Waals surface area contributed by atoms with Gasteiger partial charge in [-0.2, -0.15) is 0 Å². The highest BCUT2D eigenvalue weighted by Gasteiger charge is 2.25. The summed E-state index contributed by atoms with van der Waals surface area (Å²) in [6.07, 6.45) is 1.26. The molecule has 0 atom stereocenters. The van der Waals surface area contributed by atoms with Crippen LogP contribution >= 0.6 is 0 Å². The molecule has 29 heavy (non-hydrogen) atoms. The number of piperazine rings is 1. The maximum atomic E-state index is 12.8. The molecule has 2 aromatic rings. The zero-order chi connectivity index (χ0) is 20.8. The maximum Gasteiger partial charge on any atom is 0.276 e. The summed E-state index contributed by atoms with van der Waals surface area (Å²) in [7, 11) is 0. The topological polar surface area (TPSA) is 98.8 Å². The number of ether oxygens (including phenoxy) is 2. The molecule has 0 bridgehead atoms. The van der Waals surface area contributed by atoms with Crippen LogP contribution in [0.15, 0.2) is 10.7 Å². The molecule has 1 aliphatic rings. The first-order chi connectivity index (χ1) is 14.0. The monoisotopic (exact) mass is 406 g/mol. The number of aryl methyl sites for hydroxylation is 2. The van der Waals surface area contributed by atoms with Gasteiger partial charge in [0, 0.05) is 51.5 Å². The molecule has 3 heterocycles. The number of aromatic nitrogens is 4. The fourth-order valence-corrected chi connectivity index (χ4v) is 3.39. The molecule has 3 rings (SSSR count). The van der Waals surface area contributed by atoms with Crippen molar-refractivity contribution >= 4 is 5.91 Å². The lowest BCUT2D eigenvalue weighted by molar-refractivity contribution is -0.145. The highest BCUT2D eigenvalue weighted by Crippen LogP contribution is 2.16. The van der Waals surface area contributed by atoms with Crippen LogP contribution in [0.3, 0.4) is 0 Å². The number of hydrogen-bond donors (Lipinski definition) is 0. The minimum absolute atomic E-state index is 0.0994. The first kappa shape index (κ1) is 21.4. The van der Waals surface area contributed by atoms with Crippen molar-refractivity contribution in [1.82, 2.24) is 30.0 Å². The summed E-state index contributed by atoms with van der Waals surface area (Å²) in [5.74, 6) is 0.757. The van der Waals surface area contributed by atoms with Crippen molar-refractivity contribution < 1.29 is 18.8 Å². The van der Waals surface area contributed by atoms with E-state index < -0.39 is 6.29 Å². The molecule has 0 unspecified atom stereocenters. The van der Waals surface area contributed by atoms with Gasteiger partial charge < -0.3 is 18.9 Å². The van der Waals surface area contributed by atoms with Crippen molar-refractivity contribution in [2.24, 2.45) is 0 Å². The van der Waals surface area contributed by atoms with E-state index in [0.717, 1.165) is 36.7 Å². The smallest absolute Gasteiger partial charge is 0.276 e. The van der Waals surface area contributed by atoms with Gasteiger partial charge in [0.2, 0.25) is 0 Å². The van der Waals surface area contributed by atoms with E-state index in [1.54, 1.807) is 10.9 Å². The molecule has 1 aliphatic heterocycles. The van der Waals surface area contributed by atoms with Crippen molar-refractivity contribution in [2.75, 3.05) is 39.4 Å². The van der Waals surface area contributed by atoms with Gasteiger partial charge in [-0.1, -0.05) is 10.4 Å². The fourth-order valence-electron chi connectivity index (χ4n) is 3.39. The maximum absolute atomic E-state index is 12.8. The van der Waals surface area contributed by atoms with Gasteiger partial charge in [-0.05, 0) is 27.7 Å². The first-order valence-corrected chi connectivity index (χ1v) is 10.1. The Labute approximate surface area is 170 Å². The second kappa shape index (κ2) is 9.95. The van der Waals surface area contributed by atoms with Crippen molar-refractivity contribution in [2.45, 2.75) is 47.1 Å². The van der Waals surface area contributed by atoms with Gasteiger partial charge in [0.25, 0.3) is 5.91 Å². The molecule has 0 radical (unpaired) electrons. The average Bonchev–Trinajstić information content (AvgIpc) is 3.30. The molecule has 10 nitrogen and oxygen atoms in total. The lowest BCUT2D eigenvalue weighted by Gasteiger charge is -2.34. The lowest BCUT2D eigenvalue weighted by atomic mass is 10.1. The molecule has 0 N–H and O–H groups in total. The minimum atomic E-state index is -0.400. The summed E-state index contributed by atoms with van der Waals surface area (Å²) in [5, 5.41) is 12.1. The zero-order valence-corrected chi connectivity index (χ0v) is 17.6. The number of rotatable bonds is 9. The van der Waals surface area contributed by atoms with Crippen LogP contribution in [0.5, 0.6) is 0 Å². The number of carbonyl (C=O) groups excluding carboxylic acids is 1. The third-order valence-electron chi connectivity index (χ3n) is 5.02. The van der Waals surface area contributed by atoms with Gasteiger partial charge in [-0.25, -0.2) is 4.68 Å². The molecule has 1 saturated heterocycles. The number of nitrogens with zero attached hydrogens (tertiary/aromatic N) is 6. The van der Waals surface area contributed by atoms with Crippen LogP contribution in [0, 0.1) is 13.8 Å². The van der Waals surface area contributed by atoms with E-state index in [-0.39, 0.29) is 5.91 Å². The Bertz CT molecular complexity index is 771. The van der Waals surface area contributed by atoms with Crippen molar-refractivity contribution in [1.29, 1.82) is 0 Å². The Morgan fingerprint density at radius 3 is 2.45 bits per heavy atom. The van der Waals surface area contributed by atoms with Crippen LogP contribution in [-0.4, -0.2) is 81.5 Å². The zero-order valence-electron chi connectivity index (χ0n) is 17.6. The Morgan fingerprint density at radius 1 is 1.17 bits per heavy atom. The van der Waals surface area contributed by atoms with Gasteiger partial charge in [0.1, 0.15) is 5.76 Å². The molecule has 0 spiro atoms. The van der Waals surface area contributed by atoms with E-state index in [4.69, 9.17) is 14.0 Å². The molecule has 0 aromatic carbocycles. The predicted octanol–water partition coefficient (Wildman–Crippen LogP) is 1.24. The molecular weight excluding hydrogens is 376 g/mol. The highest BCUT2D eigenvalue weighted by atomic mass is 16.7. The summed E-state index contributed by atoms with van der Waals surface area (Å²) in [6, 6.07) is 0. The van der Waals surface area contributed by atoms with Gasteiger partial charge in [0.05, 0.1) is 18.4 Å². The summed E-state index contributed by atoms with van der Waals surface area (Å²) in [5.41, 5.74) is 2.40. The summed E-state index contributed by atoms with van der Waals surface area (Å²) in [4.78, 5) is 16.9. The van der Waals surface area contributed by atoms with E-state index in [1.165, 1.54) is 0 Å². The van der Waals surface area contributed by atoms with E-state index >= 15 is 0 Å². The van der Waals surface area contributed by atoms with E-state index in [2.05, 4.69) is 20.4 Å². The highest BCUT2D eigenvalue weighted by molar-refractivity contribution is 5.92. The standard InChI is InChI=1S/C19H30N6O4/c1-5-27-18(28-6-2)13-25-12-17(20-22-25)19(26)24-9-7-23(8-10-24)11-16-14(3)21-29-15(16)4/h12,18H,5-11,13H2,1-4H3. The fraction of sp³-hybridized carbons (Fsp3) is 0.684. The van der Waals surface area contributed by atoms with Crippen molar-refractivity contribution in [3.8, 4) is 0 Å². The van der Waals surface area contributed by atoms with Gasteiger partial charge in [-0.3, -0.25) is 9.69 Å². The molecule has 10 heteroatoms. The van der Waals surface area contributed by atoms with Gasteiger partial charge in [0.15, 0.2) is 12.0 Å². The molecule has 0 saturated carbocycles. The molecule has 0 aliphatic carbocycles. The SMILES string of the molecule is CCOC(Cn1cc(C(=O)N2CCN(Cc3c(C)noc3C)CC2)nn1)OCC. The van der Waals surface area contributed by atoms with Crippen LogP contribution in [-0.2, 0) is 22.6 Å². The third-order valence-corrected chi connectivity index (χ3v) is 5.02. The normalized spacial score (nSPS) is 15.4. The quantitative estimate of drug-likeness (QED) is 0.574. The van der Waals surface area contributed by atoms with Gasteiger partial charge >= 0.3 is 0 Å². The van der Waals surface area contributed by atoms with Crippen LogP contribution in [0.1, 0.15) is 41.4 Å². The molecule has 2 aromatic heterocycles. The summed E-state index contributed by atoms with van der Waals surface area (Å²) in [6.45, 7) is 12.9. The van der Waals surface area contributed by atoms with Crippen LogP contribution in [0.2, 0.25) is 0 Å². The Morgan fingerprint density at radius 2 is 1.86 bits per heavy atom. The van der Waals surface area contributed by atoms with E-state index in [1.807, 2.05) is 32.6 Å². The predicted molar refractivity (Wildman–Crippen MR) is 104 cm³/mol. The molecule has 1 amide bonds. The Kier molecular flexibility index (Phi) is 7.34.